The van der Waals surface area contributed by atoms with E-state index in [1.54, 1.807) is 79.1 Å². The third-order valence-electron chi connectivity index (χ3n) is 4.06. The summed E-state index contributed by atoms with van der Waals surface area (Å²) in [5.74, 6) is -0.905. The number of carbonyl (C=O) groups excluding carboxylic acids is 1. The van der Waals surface area contributed by atoms with Crippen LogP contribution in [0.2, 0.25) is 0 Å². The Morgan fingerprint density at radius 1 is 0.744 bits per heavy atom. The number of nitrogens with zero attached hydrogens (tertiary/aromatic N) is 3. The normalized spacial score (nSPS) is 10.2. The van der Waals surface area contributed by atoms with E-state index in [-0.39, 0.29) is 22.1 Å². The van der Waals surface area contributed by atoms with Crippen molar-refractivity contribution in [2.75, 3.05) is 0 Å². The fourth-order valence-corrected chi connectivity index (χ4v) is 2.78. The van der Waals surface area contributed by atoms with Gasteiger partial charge in [-0.15, -0.1) is 10.2 Å². The minimum Gasteiger partial charge on any atom is -0.871 e. The predicted octanol–water partition coefficient (Wildman–Crippen LogP) is 0.752. The largest absolute Gasteiger partial charge is 2.00 e. The quantitative estimate of drug-likeness (QED) is 0.138. The Hall–Kier alpha value is -3.62. The molecule has 205 valence electrons. The number of allylic oxidation sites excluding steroid dienone is 1. The maximum Gasteiger partial charge on any atom is 2.00 e. The number of rotatable bonds is 4. The minimum absolute atomic E-state index is 0. The van der Waals surface area contributed by atoms with Crippen molar-refractivity contribution in [1.29, 1.82) is 5.26 Å². The monoisotopic (exact) mass is 616 g/mol. The van der Waals surface area contributed by atoms with E-state index < -0.39 is 21.8 Å². The van der Waals surface area contributed by atoms with Gasteiger partial charge >= 0.3 is 17.1 Å². The molecule has 2 heterocycles. The Labute approximate surface area is 243 Å². The van der Waals surface area contributed by atoms with E-state index in [0.29, 0.717) is 11.1 Å². The summed E-state index contributed by atoms with van der Waals surface area (Å²) < 4.78 is 34.0. The molecule has 0 aliphatic rings. The number of nitriles is 1. The second-order valence-electron chi connectivity index (χ2n) is 6.74. The molecule has 1 radical (unpaired) electrons. The molecule has 0 unspecified atom stereocenters. The van der Waals surface area contributed by atoms with E-state index in [0.717, 1.165) is 11.4 Å². The van der Waals surface area contributed by atoms with Gasteiger partial charge in [-0.05, 0) is 29.8 Å². The second kappa shape index (κ2) is 19.4. The second-order valence-corrected chi connectivity index (χ2v) is 7.87. The molecule has 0 amide bonds. The number of Topliss-reactive ketones (excluding diaryl/α,β-unsaturated/α-hetero) is 1. The molecule has 0 N–H and O–H groups in total. The van der Waals surface area contributed by atoms with Crippen molar-refractivity contribution in [3.8, 4) is 17.5 Å². The predicted molar refractivity (Wildman–Crippen MR) is 129 cm³/mol. The van der Waals surface area contributed by atoms with Crippen LogP contribution in [0.25, 0.3) is 17.1 Å². The fourth-order valence-electron chi connectivity index (χ4n) is 2.56. The van der Waals surface area contributed by atoms with E-state index in [1.165, 1.54) is 6.92 Å². The van der Waals surface area contributed by atoms with Gasteiger partial charge in [0, 0.05) is 24.9 Å². The molecule has 2 aromatic heterocycles. The number of pyridine rings is 2. The third-order valence-corrected chi connectivity index (χ3v) is 4.41. The first-order chi connectivity index (χ1) is 18.1. The first-order valence-electron chi connectivity index (χ1n) is 10.6. The molecule has 0 aliphatic carbocycles. The zero-order valence-corrected chi connectivity index (χ0v) is 22.7. The first-order valence-corrected chi connectivity index (χ1v) is 12.2. The third kappa shape index (κ3) is 15.4. The molecular weight excluding hydrogens is 597 g/mol. The van der Waals surface area contributed by atoms with Gasteiger partial charge in [0.25, 0.3) is 0 Å². The van der Waals surface area contributed by atoms with Gasteiger partial charge < -0.3 is 5.11 Å². The molecule has 0 fully saturated rings. The first kappa shape index (κ1) is 35.4. The number of aromatic nitrogens is 2. The fraction of sp³-hybridized carbons (Fsp3) is 0.0370. The summed E-state index contributed by atoms with van der Waals surface area (Å²) in [6.45, 7) is 1.43. The van der Waals surface area contributed by atoms with Crippen LogP contribution in [-0.2, 0) is 17.1 Å². The molecule has 4 aromatic rings. The van der Waals surface area contributed by atoms with E-state index >= 15 is 0 Å². The smallest absolute Gasteiger partial charge is 0.871 e. The SMILES string of the molecule is CC#N.O=C(/C(Cl)=C(\[O-])c1ccccc1)c1ccccc1.[Cu+2].[O-][Cl+3]([O-])([O-])[O-].c1ccc(-c2ccccn2)nc1. The molecule has 2 aromatic carbocycles. The van der Waals surface area contributed by atoms with Crippen molar-refractivity contribution in [2.45, 2.75) is 6.92 Å². The van der Waals surface area contributed by atoms with Gasteiger partial charge in [0.05, 0.1) is 22.5 Å². The van der Waals surface area contributed by atoms with Crippen LogP contribution < -0.4 is 23.7 Å². The van der Waals surface area contributed by atoms with Crippen LogP contribution in [0.5, 0.6) is 0 Å². The molecule has 0 atom stereocenters. The van der Waals surface area contributed by atoms with Crippen LogP contribution in [0.4, 0.5) is 0 Å². The van der Waals surface area contributed by atoms with E-state index in [9.17, 15) is 9.90 Å². The number of benzene rings is 2. The van der Waals surface area contributed by atoms with Gasteiger partial charge in [0.2, 0.25) is 5.78 Å². The molecule has 39 heavy (non-hydrogen) atoms. The Morgan fingerprint density at radius 2 is 1.08 bits per heavy atom. The van der Waals surface area contributed by atoms with Crippen LogP contribution in [0.3, 0.4) is 0 Å². The van der Waals surface area contributed by atoms with Crippen LogP contribution in [-0.4, -0.2) is 15.8 Å². The summed E-state index contributed by atoms with van der Waals surface area (Å²) >= 11 is 5.87. The van der Waals surface area contributed by atoms with E-state index in [1.807, 2.05) is 36.4 Å². The Balaban J connectivity index is 0.000000593. The average molecular weight is 618 g/mol. The maximum absolute atomic E-state index is 12.0. The average Bonchev–Trinajstić information content (AvgIpc) is 2.94. The van der Waals surface area contributed by atoms with Crippen molar-refractivity contribution >= 4 is 23.1 Å². The maximum atomic E-state index is 12.0. The van der Waals surface area contributed by atoms with Crippen LogP contribution >= 0.6 is 11.6 Å². The van der Waals surface area contributed by atoms with E-state index in [4.69, 9.17) is 35.5 Å². The summed E-state index contributed by atoms with van der Waals surface area (Å²) in [6, 6.07) is 30.4. The number of hydrogen-bond acceptors (Lipinski definition) is 9. The van der Waals surface area contributed by atoms with Crippen molar-refractivity contribution in [3.63, 3.8) is 0 Å². The Kier molecular flexibility index (Phi) is 17.6. The Bertz CT molecular complexity index is 1260. The van der Waals surface area contributed by atoms with Gasteiger partial charge in [-0.3, -0.25) is 14.8 Å². The number of carbonyl (C=O) groups is 1. The Morgan fingerprint density at radius 3 is 1.41 bits per heavy atom. The molecule has 0 saturated heterocycles. The van der Waals surface area contributed by atoms with Gasteiger partial charge in [0.15, 0.2) is 0 Å². The number of halogens is 2. The molecule has 0 bridgehead atoms. The summed E-state index contributed by atoms with van der Waals surface area (Å²) in [5.41, 5.74) is 2.65. The summed E-state index contributed by atoms with van der Waals surface area (Å²) in [7, 11) is -4.94. The molecular formula is C27H21Cl2CuN3O6. The number of hydrogen-bond donors (Lipinski definition) is 0. The van der Waals surface area contributed by atoms with Gasteiger partial charge in [-0.1, -0.05) is 90.2 Å². The van der Waals surface area contributed by atoms with Crippen molar-refractivity contribution in [2.24, 2.45) is 0 Å². The molecule has 12 heteroatoms. The standard InChI is InChI=1S/C15H11ClO2.C10H8N2.C2H3N.ClHO4.Cu/c16-13(14(17)11-7-3-1-4-8-11)15(18)12-9-5-2-6-10-12;1-3-7-11-9(5-1)10-6-2-4-8-12-10;1-2-3;2-1(3,4)5;/h1-10,17H;1-8H;1H3;(H,2,3,4,5);/q;;;;+2/p-2/b14-13+;;;;. The zero-order valence-electron chi connectivity index (χ0n) is 20.2. The van der Waals surface area contributed by atoms with Crippen LogP contribution in [0, 0.1) is 21.6 Å². The van der Waals surface area contributed by atoms with Crippen molar-refractivity contribution < 1.29 is 55.8 Å². The van der Waals surface area contributed by atoms with Crippen molar-refractivity contribution in [1.82, 2.24) is 9.97 Å². The van der Waals surface area contributed by atoms with Gasteiger partial charge in [-0.2, -0.15) is 5.26 Å². The molecule has 4 rings (SSSR count). The van der Waals surface area contributed by atoms with Crippen molar-refractivity contribution in [3.05, 3.63) is 126 Å². The molecule has 9 nitrogen and oxygen atoms in total. The molecule has 0 spiro atoms. The zero-order chi connectivity index (χ0) is 28.4. The summed E-state index contributed by atoms with van der Waals surface area (Å²) in [5, 5.41) is 19.0. The summed E-state index contributed by atoms with van der Waals surface area (Å²) in [6.07, 6.45) is 3.54. The minimum atomic E-state index is -4.94. The van der Waals surface area contributed by atoms with Crippen LogP contribution in [0.1, 0.15) is 22.8 Å². The van der Waals surface area contributed by atoms with Crippen LogP contribution in [0.15, 0.2) is 114 Å². The van der Waals surface area contributed by atoms with E-state index in [2.05, 4.69) is 9.97 Å². The summed E-state index contributed by atoms with van der Waals surface area (Å²) in [4.78, 5) is 20.3. The van der Waals surface area contributed by atoms with Gasteiger partial charge in [0.1, 0.15) is 0 Å². The molecule has 0 aliphatic heterocycles. The number of ketones is 1. The molecule has 0 saturated carbocycles. The topological polar surface area (TPSA) is 182 Å². The van der Waals surface area contributed by atoms with Gasteiger partial charge in [-0.25, -0.2) is 18.6 Å².